The van der Waals surface area contributed by atoms with E-state index in [0.29, 0.717) is 27.6 Å². The fourth-order valence-electron chi connectivity index (χ4n) is 1.68. The van der Waals surface area contributed by atoms with E-state index in [4.69, 9.17) is 16.4 Å². The topological polar surface area (TPSA) is 67.8 Å². The lowest BCUT2D eigenvalue weighted by atomic mass is 9.97. The van der Waals surface area contributed by atoms with Gasteiger partial charge >= 0.3 is 6.09 Å². The van der Waals surface area contributed by atoms with Gasteiger partial charge in [0.25, 0.3) is 0 Å². The first kappa shape index (κ1) is 15.0. The molecule has 1 aromatic rings. The Balaban J connectivity index is 2.03. The molecule has 1 aromatic carbocycles. The summed E-state index contributed by atoms with van der Waals surface area (Å²) in [6.45, 7) is 3.44. The minimum Gasteiger partial charge on any atom is -0.297 e. The summed E-state index contributed by atoms with van der Waals surface area (Å²) < 4.78 is 0. The van der Waals surface area contributed by atoms with Crippen molar-refractivity contribution in [3.05, 3.63) is 52.6 Å². The lowest BCUT2D eigenvalue weighted by Gasteiger charge is -2.10. The highest BCUT2D eigenvalue weighted by molar-refractivity contribution is 6.30. The fraction of sp³-hybridized carbons (Fsp3) is 0.133. The molecule has 2 rings (SSSR count). The Kier molecular flexibility index (Phi) is 4.55. The highest BCUT2D eigenvalue weighted by Crippen LogP contribution is 2.16. The van der Waals surface area contributed by atoms with Gasteiger partial charge in [-0.05, 0) is 49.8 Å². The molecule has 0 atom stereocenters. The molecule has 0 bridgehead atoms. The number of nitrogens with one attached hydrogen (secondary N) is 1. The van der Waals surface area contributed by atoms with Crippen molar-refractivity contribution < 1.29 is 14.4 Å². The predicted octanol–water partition coefficient (Wildman–Crippen LogP) is 3.72. The summed E-state index contributed by atoms with van der Waals surface area (Å²) in [5, 5.41) is 6.74. The molecule has 6 heteroatoms. The van der Waals surface area contributed by atoms with Crippen LogP contribution in [0, 0.1) is 0 Å². The van der Waals surface area contributed by atoms with Crippen LogP contribution < -0.4 is 5.32 Å². The maximum absolute atomic E-state index is 11.6. The maximum Gasteiger partial charge on any atom is 0.437 e. The van der Waals surface area contributed by atoms with E-state index in [9.17, 15) is 9.59 Å². The number of carbonyl (C=O) groups is 2. The number of amides is 1. The predicted molar refractivity (Wildman–Crippen MR) is 81.5 cm³/mol. The van der Waals surface area contributed by atoms with Crippen molar-refractivity contribution >= 4 is 34.9 Å². The Labute approximate surface area is 126 Å². The van der Waals surface area contributed by atoms with Crippen LogP contribution >= 0.6 is 11.6 Å². The van der Waals surface area contributed by atoms with Gasteiger partial charge in [-0.25, -0.2) is 4.79 Å². The summed E-state index contributed by atoms with van der Waals surface area (Å²) in [7, 11) is 0. The standard InChI is InChI=1S/C15H13ClN2O3/c1-9-10(2)14(19)7-6-13(9)18-21-15(20)17-12-5-3-4-11(16)8-12/h3-8H,1-2H3,(H,17,20). The van der Waals surface area contributed by atoms with Crippen molar-refractivity contribution in [3.8, 4) is 0 Å². The summed E-state index contributed by atoms with van der Waals surface area (Å²) in [5.41, 5.74) is 2.20. The molecule has 5 nitrogen and oxygen atoms in total. The van der Waals surface area contributed by atoms with Gasteiger partial charge in [0.05, 0.1) is 0 Å². The molecular formula is C15H13ClN2O3. The van der Waals surface area contributed by atoms with E-state index < -0.39 is 6.09 Å². The third kappa shape index (κ3) is 3.79. The molecule has 1 amide bonds. The molecule has 0 radical (unpaired) electrons. The van der Waals surface area contributed by atoms with Crippen molar-refractivity contribution in [1.29, 1.82) is 0 Å². The molecule has 0 aliphatic heterocycles. The van der Waals surface area contributed by atoms with Crippen LogP contribution in [-0.2, 0) is 9.63 Å². The number of benzene rings is 1. The Morgan fingerprint density at radius 2 is 2.00 bits per heavy atom. The lowest BCUT2D eigenvalue weighted by molar-refractivity contribution is -0.111. The van der Waals surface area contributed by atoms with Gasteiger partial charge in [-0.2, -0.15) is 0 Å². The van der Waals surface area contributed by atoms with Crippen LogP contribution in [0.15, 0.2) is 52.7 Å². The van der Waals surface area contributed by atoms with Crippen LogP contribution in [0.4, 0.5) is 10.5 Å². The summed E-state index contributed by atoms with van der Waals surface area (Å²) in [4.78, 5) is 27.8. The smallest absolute Gasteiger partial charge is 0.297 e. The largest absolute Gasteiger partial charge is 0.437 e. The van der Waals surface area contributed by atoms with E-state index in [2.05, 4.69) is 10.5 Å². The number of ketones is 1. The van der Waals surface area contributed by atoms with E-state index in [1.807, 2.05) is 0 Å². The highest BCUT2D eigenvalue weighted by atomic mass is 35.5. The zero-order valence-corrected chi connectivity index (χ0v) is 12.3. The van der Waals surface area contributed by atoms with Crippen molar-refractivity contribution in [2.45, 2.75) is 13.8 Å². The Morgan fingerprint density at radius 1 is 1.24 bits per heavy atom. The van der Waals surface area contributed by atoms with Gasteiger partial charge in [0.15, 0.2) is 5.78 Å². The van der Waals surface area contributed by atoms with Crippen LogP contribution in [0.5, 0.6) is 0 Å². The summed E-state index contributed by atoms with van der Waals surface area (Å²) in [6, 6.07) is 6.66. The van der Waals surface area contributed by atoms with E-state index in [-0.39, 0.29) is 5.78 Å². The first-order chi connectivity index (χ1) is 9.97. The van der Waals surface area contributed by atoms with Crippen molar-refractivity contribution in [2.75, 3.05) is 5.32 Å². The van der Waals surface area contributed by atoms with E-state index in [1.165, 1.54) is 12.2 Å². The number of carbonyl (C=O) groups excluding carboxylic acids is 2. The number of hydrogen-bond acceptors (Lipinski definition) is 4. The number of nitrogens with zero attached hydrogens (tertiary/aromatic N) is 1. The number of anilines is 1. The second-order valence-electron chi connectivity index (χ2n) is 4.44. The number of rotatable bonds is 2. The van der Waals surface area contributed by atoms with Crippen LogP contribution in [0.1, 0.15) is 13.8 Å². The molecule has 0 unspecified atom stereocenters. The number of oxime groups is 1. The Hall–Kier alpha value is -2.40. The average molecular weight is 305 g/mol. The Bertz CT molecular complexity index is 690. The molecule has 1 N–H and O–H groups in total. The quantitative estimate of drug-likeness (QED) is 0.514. The van der Waals surface area contributed by atoms with Crippen LogP contribution in [0.25, 0.3) is 0 Å². The van der Waals surface area contributed by atoms with Crippen molar-refractivity contribution in [1.82, 2.24) is 0 Å². The third-order valence-corrected chi connectivity index (χ3v) is 3.24. The fourth-order valence-corrected chi connectivity index (χ4v) is 1.87. The first-order valence-corrected chi connectivity index (χ1v) is 6.57. The zero-order chi connectivity index (χ0) is 15.4. The average Bonchev–Trinajstić information content (AvgIpc) is 2.44. The van der Waals surface area contributed by atoms with Crippen LogP contribution in [0.2, 0.25) is 5.02 Å². The summed E-state index contributed by atoms with van der Waals surface area (Å²) >= 11 is 5.81. The molecule has 108 valence electrons. The second-order valence-corrected chi connectivity index (χ2v) is 4.87. The minimum absolute atomic E-state index is 0.0742. The number of allylic oxidation sites excluding steroid dienone is 4. The first-order valence-electron chi connectivity index (χ1n) is 6.19. The Morgan fingerprint density at radius 3 is 2.71 bits per heavy atom. The van der Waals surface area contributed by atoms with Gasteiger partial charge in [0.1, 0.15) is 5.71 Å². The van der Waals surface area contributed by atoms with Gasteiger partial charge in [0, 0.05) is 16.3 Å². The molecule has 1 aliphatic rings. The molecule has 0 aromatic heterocycles. The zero-order valence-electron chi connectivity index (χ0n) is 11.5. The van der Waals surface area contributed by atoms with Gasteiger partial charge in [0.2, 0.25) is 0 Å². The van der Waals surface area contributed by atoms with E-state index in [0.717, 1.165) is 0 Å². The molecule has 0 heterocycles. The minimum atomic E-state index is -0.736. The van der Waals surface area contributed by atoms with Crippen LogP contribution in [0.3, 0.4) is 0 Å². The highest BCUT2D eigenvalue weighted by Gasteiger charge is 2.15. The van der Waals surface area contributed by atoms with Gasteiger partial charge in [-0.15, -0.1) is 0 Å². The lowest BCUT2D eigenvalue weighted by Crippen LogP contribution is -2.15. The van der Waals surface area contributed by atoms with E-state index >= 15 is 0 Å². The van der Waals surface area contributed by atoms with Crippen molar-refractivity contribution in [2.24, 2.45) is 5.16 Å². The van der Waals surface area contributed by atoms with Crippen LogP contribution in [-0.4, -0.2) is 17.6 Å². The number of hydrogen-bond donors (Lipinski definition) is 1. The molecule has 1 aliphatic carbocycles. The second kappa shape index (κ2) is 6.37. The molecule has 0 saturated heterocycles. The summed E-state index contributed by atoms with van der Waals surface area (Å²) in [5.74, 6) is -0.0742. The normalized spacial score (nSPS) is 16.3. The molecule has 0 spiro atoms. The van der Waals surface area contributed by atoms with Crippen molar-refractivity contribution in [3.63, 3.8) is 0 Å². The van der Waals surface area contributed by atoms with E-state index in [1.54, 1.807) is 38.1 Å². The SMILES string of the molecule is CC1=C(C)C(=NOC(=O)Nc2cccc(Cl)c2)C=CC1=O. The maximum atomic E-state index is 11.6. The molecule has 0 saturated carbocycles. The third-order valence-electron chi connectivity index (χ3n) is 3.01. The number of halogens is 1. The van der Waals surface area contributed by atoms with Gasteiger partial charge < -0.3 is 0 Å². The molecule has 0 fully saturated rings. The molecule has 21 heavy (non-hydrogen) atoms. The monoisotopic (exact) mass is 304 g/mol. The van der Waals surface area contributed by atoms with Gasteiger partial charge in [-0.3, -0.25) is 14.9 Å². The van der Waals surface area contributed by atoms with Gasteiger partial charge in [-0.1, -0.05) is 22.8 Å². The molecular weight excluding hydrogens is 292 g/mol. The summed E-state index contributed by atoms with van der Waals surface area (Å²) in [6.07, 6.45) is 2.16.